The van der Waals surface area contributed by atoms with E-state index in [2.05, 4.69) is 5.32 Å². The third-order valence-electron chi connectivity index (χ3n) is 3.41. The lowest BCUT2D eigenvalue weighted by Gasteiger charge is -2.16. The Balaban J connectivity index is 1.93. The summed E-state index contributed by atoms with van der Waals surface area (Å²) in [5.41, 5.74) is 1.82. The standard InChI is InChI=1S/C19H22N2O3/c1-14(2)23-9-5-8-21-19(22)17(12-20)11-15-10-16-6-3-4-7-18(16)24-13-15/h3-4,6-7,10-11,14H,5,8-9,13H2,1-2H3,(H,21,22). The molecule has 5 heteroatoms. The Kier molecular flexibility index (Phi) is 6.59. The molecule has 1 aliphatic rings. The normalized spacial score (nSPS) is 13.6. The lowest BCUT2D eigenvalue weighted by molar-refractivity contribution is -0.117. The van der Waals surface area contributed by atoms with Crippen molar-refractivity contribution in [3.63, 3.8) is 0 Å². The van der Waals surface area contributed by atoms with E-state index in [4.69, 9.17) is 9.47 Å². The van der Waals surface area contributed by atoms with Gasteiger partial charge in [0, 0.05) is 18.7 Å². The van der Waals surface area contributed by atoms with Crippen LogP contribution in [0.2, 0.25) is 0 Å². The highest BCUT2D eigenvalue weighted by Crippen LogP contribution is 2.26. The van der Waals surface area contributed by atoms with Crippen LogP contribution in [0.1, 0.15) is 25.8 Å². The minimum Gasteiger partial charge on any atom is -0.488 e. The van der Waals surface area contributed by atoms with E-state index in [1.54, 1.807) is 6.08 Å². The Hall–Kier alpha value is -2.58. The predicted molar refractivity (Wildman–Crippen MR) is 92.3 cm³/mol. The van der Waals surface area contributed by atoms with E-state index in [0.717, 1.165) is 16.9 Å². The molecule has 0 fully saturated rings. The van der Waals surface area contributed by atoms with Crippen LogP contribution in [0.4, 0.5) is 0 Å². The Morgan fingerprint density at radius 3 is 3.00 bits per heavy atom. The number of para-hydroxylation sites is 1. The zero-order valence-electron chi connectivity index (χ0n) is 14.0. The van der Waals surface area contributed by atoms with Gasteiger partial charge in [0.1, 0.15) is 24.0 Å². The number of amides is 1. The fourth-order valence-electron chi connectivity index (χ4n) is 2.24. The molecule has 0 saturated heterocycles. The minimum atomic E-state index is -0.373. The first-order chi connectivity index (χ1) is 11.6. The van der Waals surface area contributed by atoms with Gasteiger partial charge in [0.05, 0.1) is 6.10 Å². The van der Waals surface area contributed by atoms with Crippen molar-refractivity contribution >= 4 is 12.0 Å². The average molecular weight is 326 g/mol. The molecular weight excluding hydrogens is 304 g/mol. The van der Waals surface area contributed by atoms with Gasteiger partial charge >= 0.3 is 0 Å². The molecule has 5 nitrogen and oxygen atoms in total. The van der Waals surface area contributed by atoms with Crippen LogP contribution in [0, 0.1) is 11.3 Å². The molecule has 0 unspecified atom stereocenters. The first-order valence-electron chi connectivity index (χ1n) is 8.04. The van der Waals surface area contributed by atoms with Crippen molar-refractivity contribution in [2.24, 2.45) is 0 Å². The first-order valence-corrected chi connectivity index (χ1v) is 8.04. The van der Waals surface area contributed by atoms with Gasteiger partial charge in [-0.3, -0.25) is 4.79 Å². The fraction of sp³-hybridized carbons (Fsp3) is 0.368. The molecule has 0 saturated carbocycles. The summed E-state index contributed by atoms with van der Waals surface area (Å²) >= 11 is 0. The molecule has 0 radical (unpaired) electrons. The number of nitriles is 1. The van der Waals surface area contributed by atoms with Gasteiger partial charge in [-0.25, -0.2) is 0 Å². The Morgan fingerprint density at radius 2 is 2.25 bits per heavy atom. The molecule has 1 aromatic carbocycles. The van der Waals surface area contributed by atoms with Crippen LogP contribution < -0.4 is 10.1 Å². The summed E-state index contributed by atoms with van der Waals surface area (Å²) < 4.78 is 11.0. The summed E-state index contributed by atoms with van der Waals surface area (Å²) in [6, 6.07) is 9.61. The van der Waals surface area contributed by atoms with Gasteiger partial charge in [-0.15, -0.1) is 0 Å². The summed E-state index contributed by atoms with van der Waals surface area (Å²) in [5.74, 6) is 0.435. The second-order valence-electron chi connectivity index (χ2n) is 5.74. The van der Waals surface area contributed by atoms with Crippen molar-refractivity contribution in [3.8, 4) is 11.8 Å². The molecule has 2 rings (SSSR count). The lowest BCUT2D eigenvalue weighted by atomic mass is 10.1. The maximum absolute atomic E-state index is 12.1. The van der Waals surface area contributed by atoms with Crippen molar-refractivity contribution in [3.05, 3.63) is 47.1 Å². The Labute approximate surface area is 142 Å². The molecule has 1 heterocycles. The third kappa shape index (κ3) is 5.25. The Bertz CT molecular complexity index is 684. The number of benzene rings is 1. The van der Waals surface area contributed by atoms with Gasteiger partial charge < -0.3 is 14.8 Å². The molecule has 1 amide bonds. The number of nitrogens with zero attached hydrogens (tertiary/aromatic N) is 1. The topological polar surface area (TPSA) is 71.3 Å². The van der Waals surface area contributed by atoms with Crippen LogP contribution in [-0.2, 0) is 9.53 Å². The van der Waals surface area contributed by atoms with Gasteiger partial charge in [-0.2, -0.15) is 5.26 Å². The molecule has 0 atom stereocenters. The fourth-order valence-corrected chi connectivity index (χ4v) is 2.24. The van der Waals surface area contributed by atoms with Crippen LogP contribution in [0.5, 0.6) is 5.75 Å². The predicted octanol–water partition coefficient (Wildman–Crippen LogP) is 2.84. The highest BCUT2D eigenvalue weighted by atomic mass is 16.5. The average Bonchev–Trinajstić information content (AvgIpc) is 2.58. The van der Waals surface area contributed by atoms with Gasteiger partial charge in [0.25, 0.3) is 5.91 Å². The molecular formula is C19H22N2O3. The second-order valence-corrected chi connectivity index (χ2v) is 5.74. The number of rotatable bonds is 7. The molecule has 0 aromatic heterocycles. The second kappa shape index (κ2) is 8.90. The molecule has 1 N–H and O–H groups in total. The monoisotopic (exact) mass is 326 g/mol. The molecule has 1 aromatic rings. The highest BCUT2D eigenvalue weighted by molar-refractivity contribution is 5.98. The van der Waals surface area contributed by atoms with E-state index in [1.165, 1.54) is 0 Å². The van der Waals surface area contributed by atoms with Gasteiger partial charge in [0.15, 0.2) is 0 Å². The van der Waals surface area contributed by atoms with Crippen molar-refractivity contribution < 1.29 is 14.3 Å². The molecule has 1 aliphatic heterocycles. The summed E-state index contributed by atoms with van der Waals surface area (Å²) in [5, 5.41) is 12.0. The van der Waals surface area contributed by atoms with Gasteiger partial charge in [-0.05, 0) is 44.1 Å². The van der Waals surface area contributed by atoms with Crippen LogP contribution in [0.3, 0.4) is 0 Å². The van der Waals surface area contributed by atoms with Crippen LogP contribution in [0.15, 0.2) is 41.5 Å². The number of nitrogens with one attached hydrogen (secondary N) is 1. The van der Waals surface area contributed by atoms with E-state index in [1.807, 2.05) is 50.3 Å². The van der Waals surface area contributed by atoms with Crippen LogP contribution >= 0.6 is 0 Å². The number of hydrogen-bond acceptors (Lipinski definition) is 4. The summed E-state index contributed by atoms with van der Waals surface area (Å²) in [6.07, 6.45) is 4.40. The van der Waals surface area contributed by atoms with Crippen molar-refractivity contribution in [1.82, 2.24) is 5.32 Å². The third-order valence-corrected chi connectivity index (χ3v) is 3.41. The smallest absolute Gasteiger partial charge is 0.261 e. The first kappa shape index (κ1) is 17.8. The summed E-state index contributed by atoms with van der Waals surface area (Å²) in [4.78, 5) is 12.1. The van der Waals surface area contributed by atoms with Crippen molar-refractivity contribution in [1.29, 1.82) is 5.26 Å². The van der Waals surface area contributed by atoms with Crippen LogP contribution in [0.25, 0.3) is 6.08 Å². The number of carbonyl (C=O) groups is 1. The van der Waals surface area contributed by atoms with Gasteiger partial charge in [-0.1, -0.05) is 18.2 Å². The van der Waals surface area contributed by atoms with E-state index >= 15 is 0 Å². The lowest BCUT2D eigenvalue weighted by Crippen LogP contribution is -2.27. The van der Waals surface area contributed by atoms with E-state index in [-0.39, 0.29) is 17.6 Å². The number of ether oxygens (including phenoxy) is 2. The SMILES string of the molecule is CC(C)OCCCNC(=O)C(C#N)=CC1=Cc2ccccc2OC1. The summed E-state index contributed by atoms with van der Waals surface area (Å²) in [7, 11) is 0. The zero-order valence-corrected chi connectivity index (χ0v) is 14.0. The zero-order chi connectivity index (χ0) is 17.4. The maximum Gasteiger partial charge on any atom is 0.261 e. The molecule has 126 valence electrons. The molecule has 0 spiro atoms. The van der Waals surface area contributed by atoms with E-state index in [0.29, 0.717) is 26.2 Å². The maximum atomic E-state index is 12.1. The highest BCUT2D eigenvalue weighted by Gasteiger charge is 2.13. The van der Waals surface area contributed by atoms with Crippen molar-refractivity contribution in [2.75, 3.05) is 19.8 Å². The number of fused-ring (bicyclic) bond motifs is 1. The van der Waals surface area contributed by atoms with E-state index in [9.17, 15) is 10.1 Å². The summed E-state index contributed by atoms with van der Waals surface area (Å²) in [6.45, 7) is 5.33. The molecule has 24 heavy (non-hydrogen) atoms. The van der Waals surface area contributed by atoms with Crippen LogP contribution in [-0.4, -0.2) is 31.8 Å². The van der Waals surface area contributed by atoms with Crippen molar-refractivity contribution in [2.45, 2.75) is 26.4 Å². The minimum absolute atomic E-state index is 0.0778. The molecule has 0 bridgehead atoms. The van der Waals surface area contributed by atoms with Gasteiger partial charge in [0.2, 0.25) is 0 Å². The Morgan fingerprint density at radius 1 is 1.46 bits per heavy atom. The largest absolute Gasteiger partial charge is 0.488 e. The number of carbonyl (C=O) groups excluding carboxylic acids is 1. The molecule has 0 aliphatic carbocycles. The quantitative estimate of drug-likeness (QED) is 0.475. The van der Waals surface area contributed by atoms with E-state index < -0.39 is 0 Å². The number of hydrogen-bond donors (Lipinski definition) is 1.